The van der Waals surface area contributed by atoms with Crippen molar-refractivity contribution in [1.82, 2.24) is 14.5 Å². The molecule has 6 nitrogen and oxygen atoms in total. The predicted octanol–water partition coefficient (Wildman–Crippen LogP) is 2.73. The van der Waals surface area contributed by atoms with Crippen molar-refractivity contribution in [1.29, 1.82) is 0 Å². The molecule has 1 N–H and O–H groups in total. The molecular weight excluding hydrogens is 350 g/mol. The maximum atomic E-state index is 13.0. The molecule has 0 spiro atoms. The molecule has 7 heteroatoms. The number of unbranched alkanes of at least 4 members (excludes halogenated alkanes) is 1. The summed E-state index contributed by atoms with van der Waals surface area (Å²) in [5.74, 6) is 0.742. The molecular formula is C19H27N3O3S. The van der Waals surface area contributed by atoms with Gasteiger partial charge in [0.1, 0.15) is 10.7 Å². The van der Waals surface area contributed by atoms with Gasteiger partial charge in [-0.2, -0.15) is 0 Å². The molecule has 0 radical (unpaired) electrons. The minimum Gasteiger partial charge on any atom is -0.395 e. The lowest BCUT2D eigenvalue weighted by molar-refractivity contribution is 0.0723. The van der Waals surface area contributed by atoms with Gasteiger partial charge in [0.05, 0.1) is 16.9 Å². The van der Waals surface area contributed by atoms with Crippen molar-refractivity contribution in [3.63, 3.8) is 0 Å². The number of fused-ring (bicyclic) bond motifs is 2. The number of aryl methyl sites for hydroxylation is 2. The van der Waals surface area contributed by atoms with Crippen molar-refractivity contribution in [2.45, 2.75) is 58.9 Å². The smallest absolute Gasteiger partial charge is 0.264 e. The first-order chi connectivity index (χ1) is 12.6. The van der Waals surface area contributed by atoms with E-state index >= 15 is 0 Å². The third-order valence-electron chi connectivity index (χ3n) is 5.04. The molecule has 142 valence electrons. The zero-order chi connectivity index (χ0) is 18.7. The number of carbonyl (C=O) groups is 1. The van der Waals surface area contributed by atoms with Gasteiger partial charge in [0.15, 0.2) is 0 Å². The number of aliphatic hydroxyl groups is 1. The van der Waals surface area contributed by atoms with Crippen LogP contribution in [0.15, 0.2) is 4.79 Å². The maximum absolute atomic E-state index is 13.0. The summed E-state index contributed by atoms with van der Waals surface area (Å²) in [5.41, 5.74) is 0.716. The second-order valence-corrected chi connectivity index (χ2v) is 7.90. The molecule has 2 aromatic heterocycles. The van der Waals surface area contributed by atoms with Crippen molar-refractivity contribution >= 4 is 27.5 Å². The summed E-state index contributed by atoms with van der Waals surface area (Å²) in [7, 11) is 0. The van der Waals surface area contributed by atoms with Gasteiger partial charge >= 0.3 is 0 Å². The second-order valence-electron chi connectivity index (χ2n) is 6.90. The number of thiophene rings is 1. The molecule has 2 aromatic rings. The number of rotatable bonds is 6. The zero-order valence-electron chi connectivity index (χ0n) is 15.6. The van der Waals surface area contributed by atoms with Gasteiger partial charge in [-0.25, -0.2) is 4.98 Å². The third-order valence-corrected chi connectivity index (χ3v) is 6.22. The van der Waals surface area contributed by atoms with Gasteiger partial charge in [-0.3, -0.25) is 14.2 Å². The number of nitrogens with zero attached hydrogens (tertiary/aromatic N) is 3. The summed E-state index contributed by atoms with van der Waals surface area (Å²) >= 11 is 1.32. The Bertz CT molecular complexity index is 856. The first-order valence-corrected chi connectivity index (χ1v) is 10.3. The number of carbonyl (C=O) groups excluding carboxylic acids is 1. The summed E-state index contributed by atoms with van der Waals surface area (Å²) < 4.78 is 1.80. The van der Waals surface area contributed by atoms with E-state index in [1.54, 1.807) is 9.47 Å². The molecule has 0 aliphatic carbocycles. The van der Waals surface area contributed by atoms with Crippen LogP contribution < -0.4 is 5.56 Å². The van der Waals surface area contributed by atoms with Crippen molar-refractivity contribution in [3.8, 4) is 0 Å². The summed E-state index contributed by atoms with van der Waals surface area (Å²) in [5, 5.41) is 9.89. The van der Waals surface area contributed by atoms with Crippen molar-refractivity contribution < 1.29 is 9.90 Å². The van der Waals surface area contributed by atoms with Crippen molar-refractivity contribution in [2.24, 2.45) is 0 Å². The summed E-state index contributed by atoms with van der Waals surface area (Å²) in [4.78, 5) is 33.7. The van der Waals surface area contributed by atoms with E-state index in [1.165, 1.54) is 11.3 Å². The van der Waals surface area contributed by atoms with Crippen LogP contribution in [0.4, 0.5) is 0 Å². The van der Waals surface area contributed by atoms with Crippen molar-refractivity contribution in [2.75, 3.05) is 19.7 Å². The first kappa shape index (κ1) is 19.0. The van der Waals surface area contributed by atoms with Gasteiger partial charge in [0, 0.05) is 26.1 Å². The summed E-state index contributed by atoms with van der Waals surface area (Å²) in [6.07, 6.45) is 5.86. The van der Waals surface area contributed by atoms with Crippen LogP contribution in [-0.2, 0) is 13.0 Å². The van der Waals surface area contributed by atoms with E-state index in [2.05, 4.69) is 6.92 Å². The molecule has 0 atom stereocenters. The van der Waals surface area contributed by atoms with Gasteiger partial charge in [-0.1, -0.05) is 19.8 Å². The van der Waals surface area contributed by atoms with E-state index in [1.807, 2.05) is 6.92 Å². The molecule has 1 amide bonds. The van der Waals surface area contributed by atoms with Crippen LogP contribution in [0.2, 0.25) is 0 Å². The minimum atomic E-state index is -0.104. The Morgan fingerprint density at radius 2 is 2.12 bits per heavy atom. The van der Waals surface area contributed by atoms with Crippen LogP contribution in [0, 0.1) is 6.92 Å². The summed E-state index contributed by atoms with van der Waals surface area (Å²) in [6, 6.07) is 0. The second kappa shape index (κ2) is 8.31. The molecule has 26 heavy (non-hydrogen) atoms. The Balaban J connectivity index is 2.05. The molecule has 1 aliphatic heterocycles. The molecule has 0 saturated heterocycles. The molecule has 0 saturated carbocycles. The van der Waals surface area contributed by atoms with Crippen LogP contribution in [0.5, 0.6) is 0 Å². The molecule has 0 unspecified atom stereocenters. The Hall–Kier alpha value is -1.73. The predicted molar refractivity (Wildman–Crippen MR) is 104 cm³/mol. The largest absolute Gasteiger partial charge is 0.395 e. The van der Waals surface area contributed by atoms with E-state index < -0.39 is 0 Å². The van der Waals surface area contributed by atoms with E-state index in [9.17, 15) is 14.7 Å². The van der Waals surface area contributed by atoms with Gasteiger partial charge in [0.2, 0.25) is 0 Å². The van der Waals surface area contributed by atoms with Gasteiger partial charge in [-0.05, 0) is 31.7 Å². The zero-order valence-corrected chi connectivity index (χ0v) is 16.4. The highest BCUT2D eigenvalue weighted by Crippen LogP contribution is 2.29. The Morgan fingerprint density at radius 3 is 2.85 bits per heavy atom. The van der Waals surface area contributed by atoms with Crippen LogP contribution in [0.3, 0.4) is 0 Å². The fourth-order valence-electron chi connectivity index (χ4n) is 3.54. The third kappa shape index (κ3) is 3.55. The maximum Gasteiger partial charge on any atom is 0.264 e. The fourth-order valence-corrected chi connectivity index (χ4v) is 4.70. The Labute approximate surface area is 157 Å². The Kier molecular flexibility index (Phi) is 6.09. The normalized spacial score (nSPS) is 14.3. The summed E-state index contributed by atoms with van der Waals surface area (Å²) in [6.45, 7) is 5.50. The molecule has 0 aromatic carbocycles. The molecule has 0 fully saturated rings. The van der Waals surface area contributed by atoms with Gasteiger partial charge < -0.3 is 10.0 Å². The standard InChI is InChI=1S/C19H27N3O3S/c1-3-4-9-21(11-12-23)19(25)16-13(2)15-17(26-16)20-14-8-6-5-7-10-22(14)18(15)24/h23H,3-12H2,1-2H3. The fraction of sp³-hybridized carbons (Fsp3) is 0.632. The lowest BCUT2D eigenvalue weighted by Crippen LogP contribution is -2.34. The number of hydrogen-bond donors (Lipinski definition) is 1. The van der Waals surface area contributed by atoms with E-state index in [-0.39, 0.29) is 18.1 Å². The SMILES string of the molecule is CCCCN(CCO)C(=O)c1sc2nc3n(c(=O)c2c1C)CCCCC3. The van der Waals surface area contributed by atoms with Crippen LogP contribution in [-0.4, -0.2) is 45.2 Å². The number of amides is 1. The van der Waals surface area contributed by atoms with Gasteiger partial charge in [-0.15, -0.1) is 11.3 Å². The average molecular weight is 378 g/mol. The first-order valence-electron chi connectivity index (χ1n) is 9.51. The monoisotopic (exact) mass is 377 g/mol. The quantitative estimate of drug-likeness (QED) is 0.840. The number of aliphatic hydroxyl groups excluding tert-OH is 1. The van der Waals surface area contributed by atoms with Crippen molar-refractivity contribution in [3.05, 3.63) is 26.6 Å². The molecule has 3 heterocycles. The van der Waals surface area contributed by atoms with Crippen LogP contribution in [0.25, 0.3) is 10.2 Å². The van der Waals surface area contributed by atoms with Crippen LogP contribution >= 0.6 is 11.3 Å². The highest BCUT2D eigenvalue weighted by Gasteiger charge is 2.25. The van der Waals surface area contributed by atoms with E-state index in [0.717, 1.165) is 49.9 Å². The highest BCUT2D eigenvalue weighted by atomic mass is 32.1. The number of aromatic nitrogens is 2. The minimum absolute atomic E-state index is 0.0121. The topological polar surface area (TPSA) is 75.4 Å². The highest BCUT2D eigenvalue weighted by molar-refractivity contribution is 7.20. The molecule has 0 bridgehead atoms. The lowest BCUT2D eigenvalue weighted by Gasteiger charge is -2.21. The van der Waals surface area contributed by atoms with Gasteiger partial charge in [0.25, 0.3) is 11.5 Å². The van der Waals surface area contributed by atoms with E-state index in [4.69, 9.17) is 4.98 Å². The molecule has 3 rings (SSSR count). The Morgan fingerprint density at radius 1 is 1.31 bits per heavy atom. The average Bonchev–Trinajstić information content (AvgIpc) is 2.81. The van der Waals surface area contributed by atoms with Crippen LogP contribution in [0.1, 0.15) is 60.1 Å². The number of hydrogen-bond acceptors (Lipinski definition) is 5. The van der Waals surface area contributed by atoms with E-state index in [0.29, 0.717) is 34.7 Å². The molecule has 1 aliphatic rings. The lowest BCUT2D eigenvalue weighted by atomic mass is 10.2.